The molecule has 0 aromatic heterocycles. The topological polar surface area (TPSA) is 0 Å². The van der Waals surface area contributed by atoms with Crippen molar-refractivity contribution in [1.82, 2.24) is 0 Å². The van der Waals surface area contributed by atoms with Gasteiger partial charge in [-0.3, -0.25) is 0 Å². The molecule has 0 saturated heterocycles. The van der Waals surface area contributed by atoms with Crippen LogP contribution in [0.1, 0.15) is 50.2 Å². The highest BCUT2D eigenvalue weighted by Gasteiger charge is 2.24. The summed E-state index contributed by atoms with van der Waals surface area (Å²) >= 11 is 0. The van der Waals surface area contributed by atoms with Crippen molar-refractivity contribution in [2.24, 2.45) is 0 Å². The van der Waals surface area contributed by atoms with Gasteiger partial charge in [-0.15, -0.1) is 0 Å². The van der Waals surface area contributed by atoms with Crippen molar-refractivity contribution in [3.63, 3.8) is 0 Å². The highest BCUT2D eigenvalue weighted by Crippen LogP contribution is 2.45. The highest BCUT2D eigenvalue weighted by molar-refractivity contribution is 5.85. The van der Waals surface area contributed by atoms with E-state index in [1.165, 1.54) is 43.2 Å². The van der Waals surface area contributed by atoms with Crippen LogP contribution in [-0.2, 0) is 0 Å². The van der Waals surface area contributed by atoms with Gasteiger partial charge in [0.05, 0.1) is 0 Å². The summed E-state index contributed by atoms with van der Waals surface area (Å²) in [6.45, 7) is 4.47. The molecule has 88 valence electrons. The third kappa shape index (κ3) is 1.86. The number of hydrogen-bond donors (Lipinski definition) is 0. The van der Waals surface area contributed by atoms with Crippen molar-refractivity contribution < 1.29 is 0 Å². The molecule has 1 aromatic carbocycles. The zero-order chi connectivity index (χ0) is 11.8. The minimum absolute atomic E-state index is 1.23. The molecule has 0 aliphatic heterocycles. The van der Waals surface area contributed by atoms with Gasteiger partial charge in [-0.25, -0.2) is 0 Å². The molecule has 0 heteroatoms. The SMILES string of the molecule is CC1=C(c2ccc(C)cc2)C2=C(CCCC2)C1. The Morgan fingerprint density at radius 2 is 1.59 bits per heavy atom. The van der Waals surface area contributed by atoms with Crippen molar-refractivity contribution in [3.05, 3.63) is 52.1 Å². The summed E-state index contributed by atoms with van der Waals surface area (Å²) in [5.41, 5.74) is 9.34. The molecule has 3 rings (SSSR count). The monoisotopic (exact) mass is 224 g/mol. The Morgan fingerprint density at radius 3 is 2.35 bits per heavy atom. The van der Waals surface area contributed by atoms with E-state index in [9.17, 15) is 0 Å². The quantitative estimate of drug-likeness (QED) is 0.626. The molecular formula is C17H20. The summed E-state index contributed by atoms with van der Waals surface area (Å²) in [4.78, 5) is 0. The Morgan fingerprint density at radius 1 is 0.882 bits per heavy atom. The minimum atomic E-state index is 1.23. The van der Waals surface area contributed by atoms with Gasteiger partial charge in [0.25, 0.3) is 0 Å². The normalized spacial score (nSPS) is 19.9. The van der Waals surface area contributed by atoms with Crippen molar-refractivity contribution in [2.45, 2.75) is 46.0 Å². The first-order valence-corrected chi connectivity index (χ1v) is 6.74. The van der Waals surface area contributed by atoms with Crippen LogP contribution in [0.5, 0.6) is 0 Å². The van der Waals surface area contributed by atoms with E-state index >= 15 is 0 Å². The fourth-order valence-electron chi connectivity index (χ4n) is 3.27. The molecule has 0 nitrogen and oxygen atoms in total. The maximum Gasteiger partial charge on any atom is -0.00958 e. The second-order valence-electron chi connectivity index (χ2n) is 5.49. The lowest BCUT2D eigenvalue weighted by Gasteiger charge is -2.17. The van der Waals surface area contributed by atoms with Crippen LogP contribution < -0.4 is 0 Å². The van der Waals surface area contributed by atoms with E-state index < -0.39 is 0 Å². The minimum Gasteiger partial charge on any atom is -0.0623 e. The zero-order valence-corrected chi connectivity index (χ0v) is 10.8. The van der Waals surface area contributed by atoms with Crippen LogP contribution in [0.15, 0.2) is 41.0 Å². The van der Waals surface area contributed by atoms with E-state index in [1.54, 1.807) is 22.3 Å². The fourth-order valence-corrected chi connectivity index (χ4v) is 3.27. The van der Waals surface area contributed by atoms with Crippen LogP contribution in [0.3, 0.4) is 0 Å². The zero-order valence-electron chi connectivity index (χ0n) is 10.8. The Labute approximate surface area is 104 Å². The number of benzene rings is 1. The Balaban J connectivity index is 2.04. The Bertz CT molecular complexity index is 497. The molecule has 0 N–H and O–H groups in total. The summed E-state index contributed by atoms with van der Waals surface area (Å²) < 4.78 is 0. The van der Waals surface area contributed by atoms with E-state index in [0.29, 0.717) is 0 Å². The van der Waals surface area contributed by atoms with Gasteiger partial charge in [0.1, 0.15) is 0 Å². The lowest BCUT2D eigenvalue weighted by Crippen LogP contribution is -1.97. The van der Waals surface area contributed by atoms with Crippen LogP contribution in [0.25, 0.3) is 5.57 Å². The van der Waals surface area contributed by atoms with Crippen LogP contribution in [0.4, 0.5) is 0 Å². The second kappa shape index (κ2) is 4.18. The lowest BCUT2D eigenvalue weighted by atomic mass is 9.88. The first-order chi connectivity index (χ1) is 8.25. The van der Waals surface area contributed by atoms with Crippen molar-refractivity contribution in [3.8, 4) is 0 Å². The molecule has 2 aliphatic carbocycles. The first kappa shape index (κ1) is 10.8. The second-order valence-corrected chi connectivity index (χ2v) is 5.49. The van der Waals surface area contributed by atoms with Gasteiger partial charge in [0.2, 0.25) is 0 Å². The van der Waals surface area contributed by atoms with Crippen LogP contribution in [-0.4, -0.2) is 0 Å². The molecule has 0 heterocycles. The van der Waals surface area contributed by atoms with E-state index in [2.05, 4.69) is 38.1 Å². The number of allylic oxidation sites excluding steroid dienone is 4. The molecule has 0 radical (unpaired) electrons. The molecule has 0 fully saturated rings. The van der Waals surface area contributed by atoms with E-state index in [0.717, 1.165) is 0 Å². The first-order valence-electron chi connectivity index (χ1n) is 6.74. The van der Waals surface area contributed by atoms with E-state index in [-0.39, 0.29) is 0 Å². The van der Waals surface area contributed by atoms with Gasteiger partial charge in [0, 0.05) is 0 Å². The third-order valence-corrected chi connectivity index (χ3v) is 4.13. The summed E-state index contributed by atoms with van der Waals surface area (Å²) in [6, 6.07) is 9.05. The van der Waals surface area contributed by atoms with Gasteiger partial charge in [-0.1, -0.05) is 41.0 Å². The summed E-state index contributed by atoms with van der Waals surface area (Å²) in [5, 5.41) is 0. The van der Waals surface area contributed by atoms with Gasteiger partial charge in [-0.05, 0) is 62.7 Å². The smallest absolute Gasteiger partial charge is 0.00958 e. The predicted molar refractivity (Wildman–Crippen MR) is 73.9 cm³/mol. The largest absolute Gasteiger partial charge is 0.0623 e. The third-order valence-electron chi connectivity index (χ3n) is 4.13. The van der Waals surface area contributed by atoms with Gasteiger partial charge in [0.15, 0.2) is 0 Å². The summed E-state index contributed by atoms with van der Waals surface area (Å²) in [5.74, 6) is 0. The molecule has 0 amide bonds. The Hall–Kier alpha value is -1.30. The maximum atomic E-state index is 2.31. The molecular weight excluding hydrogens is 204 g/mol. The van der Waals surface area contributed by atoms with Crippen molar-refractivity contribution in [1.29, 1.82) is 0 Å². The van der Waals surface area contributed by atoms with E-state index in [4.69, 9.17) is 0 Å². The summed E-state index contributed by atoms with van der Waals surface area (Å²) in [7, 11) is 0. The standard InChI is InChI=1S/C17H20/c1-12-7-9-14(10-8-12)17-13(2)11-15-5-3-4-6-16(15)17/h7-10H,3-6,11H2,1-2H3. The Kier molecular flexibility index (Phi) is 2.66. The number of rotatable bonds is 1. The molecule has 1 aromatic rings. The molecule has 17 heavy (non-hydrogen) atoms. The van der Waals surface area contributed by atoms with Crippen LogP contribution >= 0.6 is 0 Å². The molecule has 0 atom stereocenters. The molecule has 0 unspecified atom stereocenters. The lowest BCUT2D eigenvalue weighted by molar-refractivity contribution is 0.681. The summed E-state index contributed by atoms with van der Waals surface area (Å²) in [6.07, 6.45) is 6.64. The predicted octanol–water partition coefficient (Wildman–Crippen LogP) is 5.04. The van der Waals surface area contributed by atoms with E-state index in [1.807, 2.05) is 0 Å². The van der Waals surface area contributed by atoms with Gasteiger partial charge in [-0.2, -0.15) is 0 Å². The van der Waals surface area contributed by atoms with Gasteiger partial charge >= 0.3 is 0 Å². The fraction of sp³-hybridized carbons (Fsp3) is 0.412. The molecule has 0 spiro atoms. The van der Waals surface area contributed by atoms with Crippen molar-refractivity contribution in [2.75, 3.05) is 0 Å². The maximum absolute atomic E-state index is 2.31. The van der Waals surface area contributed by atoms with Crippen molar-refractivity contribution >= 4 is 5.57 Å². The highest BCUT2D eigenvalue weighted by atomic mass is 14.3. The van der Waals surface area contributed by atoms with Crippen LogP contribution in [0, 0.1) is 6.92 Å². The molecule has 2 aliphatic rings. The van der Waals surface area contributed by atoms with Gasteiger partial charge < -0.3 is 0 Å². The number of aryl methyl sites for hydroxylation is 1. The molecule has 0 bridgehead atoms. The average molecular weight is 224 g/mol. The van der Waals surface area contributed by atoms with Crippen LogP contribution in [0.2, 0.25) is 0 Å². The molecule has 0 saturated carbocycles. The number of hydrogen-bond acceptors (Lipinski definition) is 0. The average Bonchev–Trinajstić information content (AvgIpc) is 2.66.